The number of nitrogens with two attached hydrogens (primary N) is 1. The first-order valence-corrected chi connectivity index (χ1v) is 5.52. The summed E-state index contributed by atoms with van der Waals surface area (Å²) in [5.74, 6) is -0.232. The largest absolute Gasteiger partial charge is 0.329 e. The maximum absolute atomic E-state index is 12.0. The lowest BCUT2D eigenvalue weighted by Gasteiger charge is -2.11. The minimum absolute atomic E-state index is 0.232. The summed E-state index contributed by atoms with van der Waals surface area (Å²) in [6.07, 6.45) is 0. The fraction of sp³-hybridized carbons (Fsp3) is 0.333. The van der Waals surface area contributed by atoms with Gasteiger partial charge in [0.25, 0.3) is 5.91 Å². The summed E-state index contributed by atoms with van der Waals surface area (Å²) in [6.45, 7) is 2.51. The summed E-state index contributed by atoms with van der Waals surface area (Å²) in [5, 5.41) is 2.66. The smallest absolute Gasteiger partial charge is 0.325 e. The van der Waals surface area contributed by atoms with Crippen molar-refractivity contribution in [2.24, 2.45) is 5.73 Å². The van der Waals surface area contributed by atoms with Crippen molar-refractivity contribution in [3.05, 3.63) is 35.4 Å². The number of carbonyl (C=O) groups is 2. The van der Waals surface area contributed by atoms with E-state index in [1.165, 1.54) is 0 Å². The summed E-state index contributed by atoms with van der Waals surface area (Å²) >= 11 is 0. The highest BCUT2D eigenvalue weighted by Crippen LogP contribution is 2.21. The van der Waals surface area contributed by atoms with E-state index in [4.69, 9.17) is 5.73 Å². The van der Waals surface area contributed by atoms with Gasteiger partial charge in [0.2, 0.25) is 0 Å². The molecule has 0 radical (unpaired) electrons. The number of rotatable bonds is 3. The molecule has 1 aliphatic heterocycles. The van der Waals surface area contributed by atoms with Crippen LogP contribution < -0.4 is 11.1 Å². The van der Waals surface area contributed by atoms with Crippen molar-refractivity contribution in [2.75, 3.05) is 13.1 Å². The third-order valence-electron chi connectivity index (χ3n) is 2.79. The number of benzene rings is 1. The second kappa shape index (κ2) is 4.55. The van der Waals surface area contributed by atoms with Gasteiger partial charge in [-0.05, 0) is 12.5 Å². The lowest BCUT2D eigenvalue weighted by atomic mass is 10.1. The summed E-state index contributed by atoms with van der Waals surface area (Å²) in [7, 11) is 0. The van der Waals surface area contributed by atoms with Crippen molar-refractivity contribution >= 4 is 11.9 Å². The van der Waals surface area contributed by atoms with Crippen molar-refractivity contribution in [2.45, 2.75) is 13.0 Å². The van der Waals surface area contributed by atoms with E-state index in [9.17, 15) is 9.59 Å². The Kier molecular flexibility index (Phi) is 3.10. The molecule has 5 heteroatoms. The standard InChI is InChI=1S/C12H15N3O2/c1-8-2-4-9(5-3-8)10-11(16)15(7-6-13)12(17)14-10/h2-5,10H,6-7,13H2,1H3,(H,14,17). The molecule has 1 saturated heterocycles. The fourth-order valence-corrected chi connectivity index (χ4v) is 1.84. The minimum Gasteiger partial charge on any atom is -0.329 e. The first kappa shape index (κ1) is 11.6. The predicted molar refractivity (Wildman–Crippen MR) is 63.2 cm³/mol. The minimum atomic E-state index is -0.574. The number of hydrogen-bond acceptors (Lipinski definition) is 3. The Morgan fingerprint density at radius 1 is 1.29 bits per heavy atom. The molecule has 1 atom stereocenters. The van der Waals surface area contributed by atoms with E-state index in [-0.39, 0.29) is 25.0 Å². The molecule has 90 valence electrons. The van der Waals surface area contributed by atoms with Gasteiger partial charge in [0, 0.05) is 13.1 Å². The number of aryl methyl sites for hydroxylation is 1. The quantitative estimate of drug-likeness (QED) is 0.748. The van der Waals surface area contributed by atoms with Crippen LogP contribution in [0.4, 0.5) is 4.79 Å². The number of urea groups is 1. The number of nitrogens with one attached hydrogen (secondary N) is 1. The van der Waals surface area contributed by atoms with Crippen LogP contribution in [0, 0.1) is 6.92 Å². The normalized spacial score (nSPS) is 19.6. The molecule has 1 aliphatic rings. The van der Waals surface area contributed by atoms with E-state index in [0.29, 0.717) is 0 Å². The van der Waals surface area contributed by atoms with Crippen LogP contribution >= 0.6 is 0 Å². The van der Waals surface area contributed by atoms with Crippen molar-refractivity contribution in [3.8, 4) is 0 Å². The van der Waals surface area contributed by atoms with Crippen molar-refractivity contribution in [3.63, 3.8) is 0 Å². The van der Waals surface area contributed by atoms with Gasteiger partial charge in [-0.2, -0.15) is 0 Å². The Morgan fingerprint density at radius 3 is 2.53 bits per heavy atom. The monoisotopic (exact) mass is 233 g/mol. The molecule has 3 N–H and O–H groups in total. The Labute approximate surface area is 99.6 Å². The molecular formula is C12H15N3O2. The lowest BCUT2D eigenvalue weighted by Crippen LogP contribution is -2.35. The van der Waals surface area contributed by atoms with Crippen LogP contribution in [-0.2, 0) is 4.79 Å². The van der Waals surface area contributed by atoms with E-state index >= 15 is 0 Å². The average Bonchev–Trinajstić information content (AvgIpc) is 2.59. The molecule has 1 aromatic rings. The predicted octanol–water partition coefficient (Wildman–Crippen LogP) is 0.547. The number of imide groups is 1. The average molecular weight is 233 g/mol. The Hall–Kier alpha value is -1.88. The van der Waals surface area contributed by atoms with Gasteiger partial charge >= 0.3 is 6.03 Å². The van der Waals surface area contributed by atoms with Gasteiger partial charge in [-0.15, -0.1) is 0 Å². The number of carbonyl (C=O) groups excluding carboxylic acids is 2. The van der Waals surface area contributed by atoms with Crippen LogP contribution in [-0.4, -0.2) is 29.9 Å². The third kappa shape index (κ3) is 2.14. The topological polar surface area (TPSA) is 75.4 Å². The first-order chi connectivity index (χ1) is 8.13. The van der Waals surface area contributed by atoms with Gasteiger partial charge in [0.15, 0.2) is 0 Å². The van der Waals surface area contributed by atoms with Crippen LogP contribution in [0.3, 0.4) is 0 Å². The molecule has 1 fully saturated rings. The molecule has 0 aliphatic carbocycles. The molecule has 3 amide bonds. The summed E-state index contributed by atoms with van der Waals surface area (Å²) < 4.78 is 0. The zero-order valence-electron chi connectivity index (χ0n) is 9.64. The van der Waals surface area contributed by atoms with E-state index < -0.39 is 6.04 Å². The van der Waals surface area contributed by atoms with Gasteiger partial charge in [-0.1, -0.05) is 29.8 Å². The Balaban J connectivity index is 2.21. The van der Waals surface area contributed by atoms with Crippen molar-refractivity contribution < 1.29 is 9.59 Å². The summed E-state index contributed by atoms with van der Waals surface area (Å²) in [4.78, 5) is 24.7. The molecule has 5 nitrogen and oxygen atoms in total. The van der Waals surface area contributed by atoms with Crippen LogP contribution in [0.15, 0.2) is 24.3 Å². The number of amides is 3. The zero-order chi connectivity index (χ0) is 12.4. The fourth-order valence-electron chi connectivity index (χ4n) is 1.84. The van der Waals surface area contributed by atoms with Crippen LogP contribution in [0.1, 0.15) is 17.2 Å². The first-order valence-electron chi connectivity index (χ1n) is 5.52. The van der Waals surface area contributed by atoms with Gasteiger partial charge in [0.05, 0.1) is 0 Å². The molecular weight excluding hydrogens is 218 g/mol. The maximum atomic E-state index is 12.0. The van der Waals surface area contributed by atoms with Crippen LogP contribution in [0.5, 0.6) is 0 Å². The molecule has 0 aromatic heterocycles. The summed E-state index contributed by atoms with van der Waals surface area (Å²) in [5.41, 5.74) is 7.28. The van der Waals surface area contributed by atoms with Crippen molar-refractivity contribution in [1.82, 2.24) is 10.2 Å². The molecule has 0 spiro atoms. The van der Waals surface area contributed by atoms with Gasteiger partial charge < -0.3 is 11.1 Å². The Bertz CT molecular complexity index is 442. The maximum Gasteiger partial charge on any atom is 0.325 e. The number of nitrogens with zero attached hydrogens (tertiary/aromatic N) is 1. The highest BCUT2D eigenvalue weighted by molar-refractivity contribution is 6.04. The highest BCUT2D eigenvalue weighted by atomic mass is 16.2. The van der Waals surface area contributed by atoms with E-state index in [2.05, 4.69) is 5.32 Å². The molecule has 1 unspecified atom stereocenters. The lowest BCUT2D eigenvalue weighted by molar-refractivity contribution is -0.127. The van der Waals surface area contributed by atoms with E-state index in [1.54, 1.807) is 0 Å². The van der Waals surface area contributed by atoms with Gasteiger partial charge in [-0.25, -0.2) is 4.79 Å². The summed E-state index contributed by atoms with van der Waals surface area (Å²) in [6, 6.07) is 6.59. The van der Waals surface area contributed by atoms with Crippen LogP contribution in [0.25, 0.3) is 0 Å². The number of hydrogen-bond donors (Lipinski definition) is 2. The molecule has 17 heavy (non-hydrogen) atoms. The zero-order valence-corrected chi connectivity index (χ0v) is 9.64. The molecule has 1 heterocycles. The molecule has 0 bridgehead atoms. The van der Waals surface area contributed by atoms with Crippen molar-refractivity contribution in [1.29, 1.82) is 0 Å². The van der Waals surface area contributed by atoms with Gasteiger partial charge in [-0.3, -0.25) is 9.69 Å². The Morgan fingerprint density at radius 2 is 1.94 bits per heavy atom. The molecule has 2 rings (SSSR count). The molecule has 1 aromatic carbocycles. The van der Waals surface area contributed by atoms with E-state index in [0.717, 1.165) is 16.0 Å². The second-order valence-corrected chi connectivity index (χ2v) is 4.07. The highest BCUT2D eigenvalue weighted by Gasteiger charge is 2.38. The van der Waals surface area contributed by atoms with E-state index in [1.807, 2.05) is 31.2 Å². The third-order valence-corrected chi connectivity index (χ3v) is 2.79. The second-order valence-electron chi connectivity index (χ2n) is 4.07. The molecule has 0 saturated carbocycles. The van der Waals surface area contributed by atoms with Gasteiger partial charge in [0.1, 0.15) is 6.04 Å². The van der Waals surface area contributed by atoms with Crippen LogP contribution in [0.2, 0.25) is 0 Å². The SMILES string of the molecule is Cc1ccc(C2NC(=O)N(CCN)C2=O)cc1.